The van der Waals surface area contributed by atoms with Crippen molar-refractivity contribution >= 4 is 34.3 Å². The first-order chi connectivity index (χ1) is 11.7. The quantitative estimate of drug-likeness (QED) is 0.606. The summed E-state index contributed by atoms with van der Waals surface area (Å²) in [5, 5.41) is 2.81. The molecule has 0 spiro atoms. The molecule has 0 bridgehead atoms. The lowest BCUT2D eigenvalue weighted by atomic mass is 10.2. The number of halogens is 1. The number of hydrogen-bond acceptors (Lipinski definition) is 3. The molecule has 4 nitrogen and oxygen atoms in total. The maximum atomic E-state index is 12.3. The van der Waals surface area contributed by atoms with Gasteiger partial charge in [0, 0.05) is 15.3 Å². The van der Waals surface area contributed by atoms with Crippen molar-refractivity contribution in [1.29, 1.82) is 0 Å². The Morgan fingerprint density at radius 1 is 1.00 bits per heavy atom. The monoisotopic (exact) mass is 430 g/mol. The zero-order chi connectivity index (χ0) is 16.8. The molecule has 0 aliphatic heterocycles. The number of hydrogen-bond donors (Lipinski definition) is 1. The summed E-state index contributed by atoms with van der Waals surface area (Å²) in [7, 11) is 0. The van der Waals surface area contributed by atoms with Crippen LogP contribution in [0.1, 0.15) is 15.9 Å². The van der Waals surface area contributed by atoms with Gasteiger partial charge in [-0.2, -0.15) is 0 Å². The molecule has 120 valence electrons. The molecule has 24 heavy (non-hydrogen) atoms. The number of benzene rings is 2. The number of rotatable bonds is 5. The first-order valence-electron chi connectivity index (χ1n) is 7.41. The summed E-state index contributed by atoms with van der Waals surface area (Å²) in [4.78, 5) is 16.6. The summed E-state index contributed by atoms with van der Waals surface area (Å²) in [6.07, 6.45) is 1.62. The Morgan fingerprint density at radius 2 is 1.75 bits per heavy atom. The first kappa shape index (κ1) is 16.4. The molecule has 0 fully saturated rings. The standard InChI is InChI=1S/C19H15IN2O2/c20-16-10-8-15(9-11-16)19(23)22-18-17(7-4-12-21-18)24-13-14-5-2-1-3-6-14/h1-12H,13H2,(H,21,22,23). The minimum absolute atomic E-state index is 0.213. The highest BCUT2D eigenvalue weighted by atomic mass is 127. The van der Waals surface area contributed by atoms with Gasteiger partial charge in [-0.1, -0.05) is 30.3 Å². The third-order valence-electron chi connectivity index (χ3n) is 3.35. The highest BCUT2D eigenvalue weighted by Gasteiger charge is 2.11. The molecule has 3 aromatic rings. The van der Waals surface area contributed by atoms with Gasteiger partial charge >= 0.3 is 0 Å². The minimum Gasteiger partial charge on any atom is -0.485 e. The number of aromatic nitrogens is 1. The largest absolute Gasteiger partial charge is 0.485 e. The van der Waals surface area contributed by atoms with Gasteiger partial charge in [0.2, 0.25) is 0 Å². The lowest BCUT2D eigenvalue weighted by molar-refractivity contribution is 0.102. The SMILES string of the molecule is O=C(Nc1ncccc1OCc1ccccc1)c1ccc(I)cc1. The van der Waals surface area contributed by atoms with Crippen molar-refractivity contribution < 1.29 is 9.53 Å². The van der Waals surface area contributed by atoms with Gasteiger partial charge in [-0.05, 0) is 64.6 Å². The predicted molar refractivity (Wildman–Crippen MR) is 102 cm³/mol. The molecule has 0 unspecified atom stereocenters. The Bertz CT molecular complexity index is 820. The lowest BCUT2D eigenvalue weighted by Crippen LogP contribution is -2.14. The van der Waals surface area contributed by atoms with Gasteiger partial charge in [0.15, 0.2) is 11.6 Å². The van der Waals surface area contributed by atoms with E-state index in [1.165, 1.54) is 0 Å². The normalized spacial score (nSPS) is 10.2. The average Bonchev–Trinajstić information content (AvgIpc) is 2.62. The van der Waals surface area contributed by atoms with Crippen LogP contribution >= 0.6 is 22.6 Å². The molecule has 0 saturated heterocycles. The van der Waals surface area contributed by atoms with E-state index in [0.717, 1.165) is 9.13 Å². The molecular formula is C19H15IN2O2. The fourth-order valence-electron chi connectivity index (χ4n) is 2.12. The van der Waals surface area contributed by atoms with Crippen LogP contribution in [0.25, 0.3) is 0 Å². The van der Waals surface area contributed by atoms with Crippen LogP contribution in [0.3, 0.4) is 0 Å². The first-order valence-corrected chi connectivity index (χ1v) is 8.49. The van der Waals surface area contributed by atoms with Crippen LogP contribution in [0.5, 0.6) is 5.75 Å². The van der Waals surface area contributed by atoms with Crippen LogP contribution in [-0.4, -0.2) is 10.9 Å². The zero-order valence-electron chi connectivity index (χ0n) is 12.8. The molecule has 0 aliphatic carbocycles. The summed E-state index contributed by atoms with van der Waals surface area (Å²) < 4.78 is 6.88. The number of anilines is 1. The van der Waals surface area contributed by atoms with Crippen LogP contribution in [0, 0.1) is 3.57 Å². The second-order valence-electron chi connectivity index (χ2n) is 5.09. The molecule has 1 N–H and O–H groups in total. The highest BCUT2D eigenvalue weighted by Crippen LogP contribution is 2.23. The second-order valence-corrected chi connectivity index (χ2v) is 6.33. The van der Waals surface area contributed by atoms with Gasteiger partial charge in [-0.15, -0.1) is 0 Å². The number of nitrogens with zero attached hydrogens (tertiary/aromatic N) is 1. The fourth-order valence-corrected chi connectivity index (χ4v) is 2.48. The van der Waals surface area contributed by atoms with E-state index in [1.54, 1.807) is 30.5 Å². The molecule has 1 aromatic heterocycles. The van der Waals surface area contributed by atoms with E-state index in [0.29, 0.717) is 23.7 Å². The molecule has 2 aromatic carbocycles. The van der Waals surface area contributed by atoms with Crippen molar-refractivity contribution in [2.75, 3.05) is 5.32 Å². The van der Waals surface area contributed by atoms with Crippen LogP contribution in [-0.2, 0) is 6.61 Å². The van der Waals surface area contributed by atoms with E-state index >= 15 is 0 Å². The topological polar surface area (TPSA) is 51.2 Å². The van der Waals surface area contributed by atoms with E-state index in [2.05, 4.69) is 32.9 Å². The lowest BCUT2D eigenvalue weighted by Gasteiger charge is -2.11. The van der Waals surface area contributed by atoms with Gasteiger partial charge in [0.25, 0.3) is 5.91 Å². The molecule has 0 saturated carbocycles. The van der Waals surface area contributed by atoms with Gasteiger partial charge in [-0.3, -0.25) is 4.79 Å². The van der Waals surface area contributed by atoms with Gasteiger partial charge in [-0.25, -0.2) is 4.98 Å². The average molecular weight is 430 g/mol. The summed E-state index contributed by atoms with van der Waals surface area (Å²) in [6, 6.07) is 20.8. The van der Waals surface area contributed by atoms with Gasteiger partial charge < -0.3 is 10.1 Å². The van der Waals surface area contributed by atoms with Crippen molar-refractivity contribution in [3.63, 3.8) is 0 Å². The third kappa shape index (κ3) is 4.32. The Labute approximate surface area is 154 Å². The minimum atomic E-state index is -0.213. The molecule has 3 rings (SSSR count). The molecule has 0 atom stereocenters. The van der Waals surface area contributed by atoms with E-state index in [9.17, 15) is 4.79 Å². The summed E-state index contributed by atoms with van der Waals surface area (Å²) >= 11 is 2.20. The van der Waals surface area contributed by atoms with E-state index in [-0.39, 0.29) is 5.91 Å². The predicted octanol–water partition coefficient (Wildman–Crippen LogP) is 4.52. The van der Waals surface area contributed by atoms with Gasteiger partial charge in [0.1, 0.15) is 6.61 Å². The van der Waals surface area contributed by atoms with Crippen molar-refractivity contribution in [3.8, 4) is 5.75 Å². The van der Waals surface area contributed by atoms with E-state index in [4.69, 9.17) is 4.74 Å². The van der Waals surface area contributed by atoms with Gasteiger partial charge in [0.05, 0.1) is 0 Å². The van der Waals surface area contributed by atoms with Crippen molar-refractivity contribution in [2.45, 2.75) is 6.61 Å². The Hall–Kier alpha value is -2.41. The van der Waals surface area contributed by atoms with Crippen LogP contribution in [0.15, 0.2) is 72.9 Å². The molecule has 1 amide bonds. The number of pyridine rings is 1. The smallest absolute Gasteiger partial charge is 0.256 e. The summed E-state index contributed by atoms with van der Waals surface area (Å²) in [5.41, 5.74) is 1.63. The Kier molecular flexibility index (Phi) is 5.43. The van der Waals surface area contributed by atoms with Crippen LogP contribution < -0.4 is 10.1 Å². The number of carbonyl (C=O) groups excluding carboxylic acids is 1. The molecular weight excluding hydrogens is 415 g/mol. The fraction of sp³-hybridized carbons (Fsp3) is 0.0526. The Morgan fingerprint density at radius 3 is 2.50 bits per heavy atom. The molecule has 5 heteroatoms. The summed E-state index contributed by atoms with van der Waals surface area (Å²) in [6.45, 7) is 0.416. The van der Waals surface area contributed by atoms with E-state index in [1.807, 2.05) is 42.5 Å². The highest BCUT2D eigenvalue weighted by molar-refractivity contribution is 14.1. The summed E-state index contributed by atoms with van der Waals surface area (Å²) in [5.74, 6) is 0.742. The van der Waals surface area contributed by atoms with Crippen LogP contribution in [0.2, 0.25) is 0 Å². The van der Waals surface area contributed by atoms with Crippen molar-refractivity contribution in [1.82, 2.24) is 4.98 Å². The second kappa shape index (κ2) is 7.92. The van der Waals surface area contributed by atoms with E-state index < -0.39 is 0 Å². The van der Waals surface area contributed by atoms with Crippen LogP contribution in [0.4, 0.5) is 5.82 Å². The van der Waals surface area contributed by atoms with Crippen molar-refractivity contribution in [3.05, 3.63) is 87.6 Å². The number of amides is 1. The maximum absolute atomic E-state index is 12.3. The third-order valence-corrected chi connectivity index (χ3v) is 4.07. The molecule has 0 radical (unpaired) electrons. The Balaban J connectivity index is 1.71. The number of ether oxygens (including phenoxy) is 1. The number of carbonyl (C=O) groups is 1. The maximum Gasteiger partial charge on any atom is 0.256 e. The molecule has 0 aliphatic rings. The zero-order valence-corrected chi connectivity index (χ0v) is 14.9. The number of nitrogens with one attached hydrogen (secondary N) is 1. The van der Waals surface area contributed by atoms with Crippen molar-refractivity contribution in [2.24, 2.45) is 0 Å². The molecule has 1 heterocycles.